The molecule has 3 aromatic carbocycles. The van der Waals surface area contributed by atoms with Crippen molar-refractivity contribution < 1.29 is 29.0 Å². The highest BCUT2D eigenvalue weighted by molar-refractivity contribution is 5.88. The maximum Gasteiger partial charge on any atom is 0.407 e. The van der Waals surface area contributed by atoms with Gasteiger partial charge in [0.25, 0.3) is 0 Å². The summed E-state index contributed by atoms with van der Waals surface area (Å²) in [6.45, 7) is 5.18. The number of aliphatic carboxylic acids is 1. The highest BCUT2D eigenvalue weighted by atomic mass is 16.5. The molecule has 0 aromatic heterocycles. The molecular weight excluding hydrogens is 496 g/mol. The molecule has 39 heavy (non-hydrogen) atoms. The van der Waals surface area contributed by atoms with Gasteiger partial charge >= 0.3 is 12.1 Å². The van der Waals surface area contributed by atoms with E-state index in [1.807, 2.05) is 66.7 Å². The molecule has 2 atom stereocenters. The fraction of sp³-hybridized carbons (Fsp3) is 0.323. The number of rotatable bonds is 11. The van der Waals surface area contributed by atoms with E-state index in [1.165, 1.54) is 0 Å². The Hall–Kier alpha value is -4.17. The molecule has 1 aliphatic rings. The summed E-state index contributed by atoms with van der Waals surface area (Å²) >= 11 is 0. The molecule has 204 valence electrons. The lowest BCUT2D eigenvalue weighted by molar-refractivity contribution is -0.148. The topological polar surface area (TPSA) is 114 Å². The maximum atomic E-state index is 13.0. The number of carbonyl (C=O) groups is 3. The summed E-state index contributed by atoms with van der Waals surface area (Å²) in [6, 6.07) is 24.2. The zero-order valence-electron chi connectivity index (χ0n) is 22.3. The van der Waals surface area contributed by atoms with Gasteiger partial charge in [0.2, 0.25) is 5.91 Å². The van der Waals surface area contributed by atoms with Crippen LogP contribution in [-0.2, 0) is 25.7 Å². The number of hydrogen-bond acceptors (Lipinski definition) is 5. The Kier molecular flexibility index (Phi) is 8.66. The Labute approximate surface area is 228 Å². The van der Waals surface area contributed by atoms with Crippen molar-refractivity contribution in [3.05, 3.63) is 95.6 Å². The molecule has 3 aromatic rings. The van der Waals surface area contributed by atoms with Crippen molar-refractivity contribution in [1.29, 1.82) is 0 Å². The van der Waals surface area contributed by atoms with Gasteiger partial charge in [-0.3, -0.25) is 4.79 Å². The third kappa shape index (κ3) is 6.64. The van der Waals surface area contributed by atoms with Crippen LogP contribution in [0.15, 0.2) is 78.9 Å². The van der Waals surface area contributed by atoms with Crippen LogP contribution in [0.25, 0.3) is 11.1 Å². The van der Waals surface area contributed by atoms with E-state index in [9.17, 15) is 19.5 Å². The van der Waals surface area contributed by atoms with E-state index in [2.05, 4.69) is 22.8 Å². The Morgan fingerprint density at radius 2 is 1.46 bits per heavy atom. The van der Waals surface area contributed by atoms with E-state index < -0.39 is 35.5 Å². The Morgan fingerprint density at radius 3 is 2.05 bits per heavy atom. The highest BCUT2D eigenvalue weighted by Crippen LogP contribution is 2.44. The first-order valence-electron chi connectivity index (χ1n) is 13.0. The zero-order valence-corrected chi connectivity index (χ0v) is 22.3. The summed E-state index contributed by atoms with van der Waals surface area (Å²) < 4.78 is 11.3. The first kappa shape index (κ1) is 27.9. The van der Waals surface area contributed by atoms with Crippen LogP contribution in [0.3, 0.4) is 0 Å². The van der Waals surface area contributed by atoms with Gasteiger partial charge in [0.1, 0.15) is 6.61 Å². The van der Waals surface area contributed by atoms with Gasteiger partial charge in [0.05, 0.1) is 18.1 Å². The van der Waals surface area contributed by atoms with Crippen molar-refractivity contribution in [2.75, 3.05) is 13.2 Å². The van der Waals surface area contributed by atoms with Crippen LogP contribution in [0.5, 0.6) is 0 Å². The number of benzene rings is 3. The Bertz CT molecular complexity index is 1280. The largest absolute Gasteiger partial charge is 0.480 e. The average molecular weight is 531 g/mol. The second-order valence-electron chi connectivity index (χ2n) is 10.4. The SMILES string of the molecule is C[C@H](OCc1ccccc1)[C@@H](NC(=O)C(C)(C)CNC(=O)OCC1c2ccccc2-c2ccccc21)C(=O)O. The highest BCUT2D eigenvalue weighted by Gasteiger charge is 2.35. The average Bonchev–Trinajstić information content (AvgIpc) is 3.26. The maximum absolute atomic E-state index is 13.0. The number of carbonyl (C=O) groups excluding carboxylic acids is 2. The van der Waals surface area contributed by atoms with Crippen LogP contribution in [0, 0.1) is 5.41 Å². The van der Waals surface area contributed by atoms with Crippen LogP contribution < -0.4 is 10.6 Å². The Balaban J connectivity index is 1.29. The number of fused-ring (bicyclic) bond motifs is 3. The van der Waals surface area contributed by atoms with Gasteiger partial charge < -0.3 is 25.2 Å². The standard InChI is InChI=1S/C31H34N2O6/c1-20(38-17-21-11-5-4-6-12-21)27(28(34)35)33-29(36)31(2,3)19-32-30(37)39-18-26-24-15-9-7-13-22(24)23-14-8-10-16-25(23)26/h4-16,20,26-27H,17-19H2,1-3H3,(H,32,37)(H,33,36)(H,34,35)/t20-,27+/m0/s1. The third-order valence-electron chi connectivity index (χ3n) is 7.01. The second kappa shape index (κ2) is 12.1. The van der Waals surface area contributed by atoms with Gasteiger partial charge in [-0.1, -0.05) is 78.9 Å². The summed E-state index contributed by atoms with van der Waals surface area (Å²) in [7, 11) is 0. The minimum atomic E-state index is -1.25. The van der Waals surface area contributed by atoms with Crippen LogP contribution >= 0.6 is 0 Å². The van der Waals surface area contributed by atoms with E-state index in [-0.39, 0.29) is 25.7 Å². The van der Waals surface area contributed by atoms with E-state index in [0.29, 0.717) is 0 Å². The predicted octanol–water partition coefficient (Wildman–Crippen LogP) is 4.73. The van der Waals surface area contributed by atoms with Crippen molar-refractivity contribution in [3.63, 3.8) is 0 Å². The lowest BCUT2D eigenvalue weighted by Crippen LogP contribution is -2.54. The van der Waals surface area contributed by atoms with Gasteiger partial charge in [-0.25, -0.2) is 9.59 Å². The minimum absolute atomic E-state index is 0.0406. The van der Waals surface area contributed by atoms with Gasteiger partial charge in [-0.2, -0.15) is 0 Å². The second-order valence-corrected chi connectivity index (χ2v) is 10.4. The number of ether oxygens (including phenoxy) is 2. The molecule has 0 saturated carbocycles. The monoisotopic (exact) mass is 530 g/mol. The first-order chi connectivity index (χ1) is 18.7. The van der Waals surface area contributed by atoms with Crippen LogP contribution in [0.4, 0.5) is 4.79 Å². The van der Waals surface area contributed by atoms with E-state index in [0.717, 1.165) is 27.8 Å². The molecule has 0 saturated heterocycles. The van der Waals surface area contributed by atoms with Crippen LogP contribution in [0.1, 0.15) is 43.4 Å². The summed E-state index contributed by atoms with van der Waals surface area (Å²) in [5.74, 6) is -1.80. The minimum Gasteiger partial charge on any atom is -0.480 e. The summed E-state index contributed by atoms with van der Waals surface area (Å²) in [5.41, 5.74) is 4.28. The molecule has 8 heteroatoms. The third-order valence-corrected chi connectivity index (χ3v) is 7.01. The summed E-state index contributed by atoms with van der Waals surface area (Å²) in [6.07, 6.45) is -1.43. The van der Waals surface area contributed by atoms with E-state index in [4.69, 9.17) is 9.47 Å². The fourth-order valence-electron chi connectivity index (χ4n) is 4.64. The molecule has 0 fully saturated rings. The van der Waals surface area contributed by atoms with Crippen molar-refractivity contribution in [2.45, 2.75) is 45.4 Å². The molecule has 0 heterocycles. The zero-order chi connectivity index (χ0) is 28.0. The molecule has 8 nitrogen and oxygen atoms in total. The number of hydrogen-bond donors (Lipinski definition) is 3. The number of carboxylic acid groups (broad SMARTS) is 1. The normalized spacial score (nSPS) is 14.0. The van der Waals surface area contributed by atoms with Crippen LogP contribution in [-0.4, -0.2) is 48.4 Å². The lowest BCUT2D eigenvalue weighted by atomic mass is 9.91. The molecule has 1 aliphatic carbocycles. The molecule has 0 radical (unpaired) electrons. The van der Waals surface area contributed by atoms with Crippen LogP contribution in [0.2, 0.25) is 0 Å². The molecule has 2 amide bonds. The number of alkyl carbamates (subject to hydrolysis) is 1. The van der Waals surface area contributed by atoms with Gasteiger partial charge in [-0.05, 0) is 48.6 Å². The lowest BCUT2D eigenvalue weighted by Gasteiger charge is -2.28. The molecule has 0 aliphatic heterocycles. The van der Waals surface area contributed by atoms with Crippen molar-refractivity contribution in [3.8, 4) is 11.1 Å². The molecule has 3 N–H and O–H groups in total. The van der Waals surface area contributed by atoms with Crippen molar-refractivity contribution in [2.24, 2.45) is 5.41 Å². The first-order valence-corrected chi connectivity index (χ1v) is 13.0. The van der Waals surface area contributed by atoms with Crippen molar-refractivity contribution in [1.82, 2.24) is 10.6 Å². The van der Waals surface area contributed by atoms with Gasteiger partial charge in [0.15, 0.2) is 6.04 Å². The summed E-state index contributed by atoms with van der Waals surface area (Å²) in [4.78, 5) is 37.4. The smallest absolute Gasteiger partial charge is 0.407 e. The van der Waals surface area contributed by atoms with E-state index >= 15 is 0 Å². The molecule has 0 unspecified atom stereocenters. The summed E-state index contributed by atoms with van der Waals surface area (Å²) in [5, 5.41) is 14.9. The molecule has 4 rings (SSSR count). The molecule has 0 spiro atoms. The predicted molar refractivity (Wildman–Crippen MR) is 147 cm³/mol. The van der Waals surface area contributed by atoms with Gasteiger partial charge in [0, 0.05) is 12.5 Å². The van der Waals surface area contributed by atoms with Crippen molar-refractivity contribution >= 4 is 18.0 Å². The number of carboxylic acids is 1. The molecular formula is C31H34N2O6. The van der Waals surface area contributed by atoms with Gasteiger partial charge in [-0.15, -0.1) is 0 Å². The molecule has 0 bridgehead atoms. The van der Waals surface area contributed by atoms with E-state index in [1.54, 1.807) is 20.8 Å². The fourth-order valence-corrected chi connectivity index (χ4v) is 4.64. The quantitative estimate of drug-likeness (QED) is 0.330. The number of nitrogens with one attached hydrogen (secondary N) is 2. The Morgan fingerprint density at radius 1 is 0.897 bits per heavy atom. The number of amides is 2.